The number of hydrogen-bond donors (Lipinski definition) is 0. The van der Waals surface area contributed by atoms with Crippen LogP contribution in [0.3, 0.4) is 0 Å². The second kappa shape index (κ2) is 21.3. The first kappa shape index (κ1) is 28.5. The molecule has 184 valence electrons. The van der Waals surface area contributed by atoms with Crippen molar-refractivity contribution in [1.82, 2.24) is 0 Å². The van der Waals surface area contributed by atoms with Crippen molar-refractivity contribution in [3.63, 3.8) is 0 Å². The Labute approximate surface area is 195 Å². The van der Waals surface area contributed by atoms with Crippen LogP contribution in [0.5, 0.6) is 0 Å². The molecule has 1 aliphatic carbocycles. The molecule has 2 nitrogen and oxygen atoms in total. The van der Waals surface area contributed by atoms with Crippen LogP contribution in [0, 0.1) is 11.8 Å². The van der Waals surface area contributed by atoms with Crippen LogP contribution in [0.2, 0.25) is 0 Å². The lowest BCUT2D eigenvalue weighted by atomic mass is 9.96. The molecule has 0 spiro atoms. The third-order valence-corrected chi connectivity index (χ3v) is 7.10. The van der Waals surface area contributed by atoms with Gasteiger partial charge in [-0.3, -0.25) is 4.79 Å². The standard InChI is InChI=1S/C29H56O2/c1-3-5-7-9-10-11-12-13-14-15-16-17-18-19-20-22-26-31-29(30)28(27-24-25-27)23-21-8-6-4-2/h27-28H,3-26H2,1-2H3. The monoisotopic (exact) mass is 436 g/mol. The highest BCUT2D eigenvalue weighted by Crippen LogP contribution is 2.40. The zero-order chi connectivity index (χ0) is 22.4. The largest absolute Gasteiger partial charge is 0.465 e. The fourth-order valence-electron chi connectivity index (χ4n) is 4.77. The highest BCUT2D eigenvalue weighted by molar-refractivity contribution is 5.73. The van der Waals surface area contributed by atoms with Crippen molar-refractivity contribution in [2.24, 2.45) is 11.8 Å². The van der Waals surface area contributed by atoms with E-state index < -0.39 is 0 Å². The molecular weight excluding hydrogens is 380 g/mol. The number of carbonyl (C=O) groups is 1. The highest BCUT2D eigenvalue weighted by atomic mass is 16.5. The van der Waals surface area contributed by atoms with Gasteiger partial charge in [0.2, 0.25) is 0 Å². The van der Waals surface area contributed by atoms with Gasteiger partial charge in [0.05, 0.1) is 12.5 Å². The molecule has 0 bridgehead atoms. The van der Waals surface area contributed by atoms with Crippen LogP contribution in [-0.4, -0.2) is 12.6 Å². The molecule has 0 radical (unpaired) electrons. The topological polar surface area (TPSA) is 26.3 Å². The highest BCUT2D eigenvalue weighted by Gasteiger charge is 2.36. The van der Waals surface area contributed by atoms with Gasteiger partial charge in [-0.2, -0.15) is 0 Å². The molecule has 31 heavy (non-hydrogen) atoms. The number of hydrogen-bond acceptors (Lipinski definition) is 2. The second-order valence-electron chi connectivity index (χ2n) is 10.3. The lowest BCUT2D eigenvalue weighted by Gasteiger charge is -2.15. The Hall–Kier alpha value is -0.530. The lowest BCUT2D eigenvalue weighted by Crippen LogP contribution is -2.20. The van der Waals surface area contributed by atoms with Gasteiger partial charge in [-0.25, -0.2) is 0 Å². The third-order valence-electron chi connectivity index (χ3n) is 7.10. The number of ether oxygens (including phenoxy) is 1. The lowest BCUT2D eigenvalue weighted by molar-refractivity contribution is -0.149. The molecule has 1 saturated carbocycles. The van der Waals surface area contributed by atoms with E-state index in [-0.39, 0.29) is 11.9 Å². The van der Waals surface area contributed by atoms with E-state index in [1.54, 1.807) is 0 Å². The Morgan fingerprint density at radius 3 is 1.42 bits per heavy atom. The van der Waals surface area contributed by atoms with Gasteiger partial charge in [0.1, 0.15) is 0 Å². The quantitative estimate of drug-likeness (QED) is 0.111. The summed E-state index contributed by atoms with van der Waals surface area (Å²) >= 11 is 0. The SMILES string of the molecule is CCCCCCCCCCCCCCCCCCOC(=O)C(CCCCCC)C1CC1. The van der Waals surface area contributed by atoms with E-state index in [0.29, 0.717) is 12.5 Å². The second-order valence-corrected chi connectivity index (χ2v) is 10.3. The first-order valence-electron chi connectivity index (χ1n) is 14.5. The van der Waals surface area contributed by atoms with E-state index in [0.717, 1.165) is 12.8 Å². The molecule has 1 atom stereocenters. The van der Waals surface area contributed by atoms with Gasteiger partial charge in [0, 0.05) is 0 Å². The zero-order valence-electron chi connectivity index (χ0n) is 21.4. The first-order chi connectivity index (χ1) is 15.3. The van der Waals surface area contributed by atoms with E-state index in [9.17, 15) is 4.79 Å². The maximum Gasteiger partial charge on any atom is 0.309 e. The molecule has 1 rings (SSSR count). The van der Waals surface area contributed by atoms with E-state index in [4.69, 9.17) is 4.74 Å². The van der Waals surface area contributed by atoms with Crippen molar-refractivity contribution in [3.8, 4) is 0 Å². The van der Waals surface area contributed by atoms with E-state index >= 15 is 0 Å². The maximum atomic E-state index is 12.4. The average molecular weight is 437 g/mol. The van der Waals surface area contributed by atoms with Gasteiger partial charge in [0.15, 0.2) is 0 Å². The minimum atomic E-state index is 0.111. The number of unbranched alkanes of at least 4 members (excludes halogenated alkanes) is 18. The summed E-state index contributed by atoms with van der Waals surface area (Å²) in [6.45, 7) is 5.18. The van der Waals surface area contributed by atoms with Gasteiger partial charge in [0.25, 0.3) is 0 Å². The Morgan fingerprint density at radius 2 is 1.00 bits per heavy atom. The third kappa shape index (κ3) is 17.7. The summed E-state index contributed by atoms with van der Waals surface area (Å²) in [5.74, 6) is 0.956. The molecule has 0 aliphatic heterocycles. The summed E-state index contributed by atoms with van der Waals surface area (Å²) in [5.41, 5.74) is 0. The van der Waals surface area contributed by atoms with Crippen LogP contribution in [-0.2, 0) is 9.53 Å². The summed E-state index contributed by atoms with van der Waals surface area (Å²) in [7, 11) is 0. The molecule has 0 amide bonds. The number of carbonyl (C=O) groups excluding carboxylic acids is 1. The van der Waals surface area contributed by atoms with Crippen LogP contribution in [0.4, 0.5) is 0 Å². The van der Waals surface area contributed by atoms with Crippen LogP contribution in [0.25, 0.3) is 0 Å². The van der Waals surface area contributed by atoms with Gasteiger partial charge in [-0.05, 0) is 31.6 Å². The molecule has 1 unspecified atom stereocenters. The Morgan fingerprint density at radius 1 is 0.613 bits per heavy atom. The summed E-state index contributed by atoms with van der Waals surface area (Å²) in [6, 6.07) is 0. The van der Waals surface area contributed by atoms with Crippen molar-refractivity contribution >= 4 is 5.97 Å². The smallest absolute Gasteiger partial charge is 0.309 e. The van der Waals surface area contributed by atoms with Gasteiger partial charge < -0.3 is 4.74 Å². The minimum Gasteiger partial charge on any atom is -0.465 e. The number of esters is 1. The molecule has 0 saturated heterocycles. The van der Waals surface area contributed by atoms with Crippen LogP contribution >= 0.6 is 0 Å². The van der Waals surface area contributed by atoms with Gasteiger partial charge in [-0.1, -0.05) is 136 Å². The number of rotatable bonds is 24. The van der Waals surface area contributed by atoms with E-state index in [1.165, 1.54) is 135 Å². The molecule has 0 aromatic rings. The van der Waals surface area contributed by atoms with Gasteiger partial charge in [-0.15, -0.1) is 0 Å². The van der Waals surface area contributed by atoms with Gasteiger partial charge >= 0.3 is 5.97 Å². The molecule has 2 heteroatoms. The van der Waals surface area contributed by atoms with Crippen molar-refractivity contribution < 1.29 is 9.53 Å². The molecule has 0 N–H and O–H groups in total. The summed E-state index contributed by atoms with van der Waals surface area (Å²) in [6.07, 6.45) is 30.6. The maximum absolute atomic E-state index is 12.4. The average Bonchev–Trinajstić information content (AvgIpc) is 3.61. The molecule has 1 fully saturated rings. The molecule has 0 aromatic heterocycles. The fourth-order valence-corrected chi connectivity index (χ4v) is 4.77. The predicted octanol–water partition coefficient (Wildman–Crippen LogP) is 9.79. The first-order valence-corrected chi connectivity index (χ1v) is 14.5. The normalized spacial score (nSPS) is 14.6. The summed E-state index contributed by atoms with van der Waals surface area (Å²) < 4.78 is 5.64. The van der Waals surface area contributed by atoms with Crippen LogP contribution in [0.15, 0.2) is 0 Å². The van der Waals surface area contributed by atoms with Crippen molar-refractivity contribution in [2.45, 2.75) is 162 Å². The van der Waals surface area contributed by atoms with E-state index in [1.807, 2.05) is 0 Å². The van der Waals surface area contributed by atoms with E-state index in [2.05, 4.69) is 13.8 Å². The molecule has 0 heterocycles. The molecular formula is C29H56O2. The summed E-state index contributed by atoms with van der Waals surface area (Å²) in [5, 5.41) is 0. The minimum absolute atomic E-state index is 0.111. The Balaban J connectivity index is 1.82. The Kier molecular flexibility index (Phi) is 19.6. The Bertz CT molecular complexity index is 388. The zero-order valence-corrected chi connectivity index (χ0v) is 21.4. The fraction of sp³-hybridized carbons (Fsp3) is 0.966. The van der Waals surface area contributed by atoms with Crippen LogP contribution in [0.1, 0.15) is 162 Å². The van der Waals surface area contributed by atoms with Crippen molar-refractivity contribution in [2.75, 3.05) is 6.61 Å². The van der Waals surface area contributed by atoms with Crippen molar-refractivity contribution in [1.29, 1.82) is 0 Å². The van der Waals surface area contributed by atoms with Crippen molar-refractivity contribution in [3.05, 3.63) is 0 Å². The van der Waals surface area contributed by atoms with Crippen LogP contribution < -0.4 is 0 Å². The molecule has 0 aromatic carbocycles. The molecule has 1 aliphatic rings. The predicted molar refractivity (Wildman–Crippen MR) is 135 cm³/mol. The summed E-state index contributed by atoms with van der Waals surface area (Å²) in [4.78, 5) is 12.4.